The van der Waals surface area contributed by atoms with Crippen molar-refractivity contribution in [2.45, 2.75) is 64.1 Å². The number of halogens is 1. The van der Waals surface area contributed by atoms with Crippen molar-refractivity contribution in [3.63, 3.8) is 0 Å². The Balaban J connectivity index is 2.40. The van der Waals surface area contributed by atoms with Gasteiger partial charge in [-0.2, -0.15) is 5.10 Å². The lowest BCUT2D eigenvalue weighted by atomic mass is 9.77. The summed E-state index contributed by atoms with van der Waals surface area (Å²) < 4.78 is 9.20. The minimum absolute atomic E-state index is 0.107. The van der Waals surface area contributed by atoms with E-state index >= 15 is 0 Å². The molecule has 0 saturated heterocycles. The van der Waals surface area contributed by atoms with E-state index in [-0.39, 0.29) is 11.6 Å². The van der Waals surface area contributed by atoms with Crippen LogP contribution >= 0.6 is 15.9 Å². The highest BCUT2D eigenvalue weighted by Crippen LogP contribution is 2.42. The summed E-state index contributed by atoms with van der Waals surface area (Å²) in [4.78, 5) is 0. The second-order valence-electron chi connectivity index (χ2n) is 5.51. The molecule has 1 aromatic heterocycles. The Bertz CT molecular complexity index is 427. The fourth-order valence-corrected chi connectivity index (χ4v) is 3.93. The molecular weight excluding hydrogens is 318 g/mol. The first kappa shape index (κ1) is 16.0. The molecule has 1 atom stereocenters. The van der Waals surface area contributed by atoms with E-state index in [9.17, 15) is 0 Å². The van der Waals surface area contributed by atoms with Crippen molar-refractivity contribution >= 4 is 15.9 Å². The molecule has 0 bridgehead atoms. The van der Waals surface area contributed by atoms with Crippen molar-refractivity contribution in [3.05, 3.63) is 16.4 Å². The van der Waals surface area contributed by atoms with Gasteiger partial charge < -0.3 is 10.1 Å². The molecule has 20 heavy (non-hydrogen) atoms. The Morgan fingerprint density at radius 1 is 1.40 bits per heavy atom. The van der Waals surface area contributed by atoms with Crippen LogP contribution in [-0.2, 0) is 11.3 Å². The van der Waals surface area contributed by atoms with Gasteiger partial charge in [-0.1, -0.05) is 26.2 Å². The van der Waals surface area contributed by atoms with Crippen molar-refractivity contribution in [1.29, 1.82) is 0 Å². The highest BCUT2D eigenvalue weighted by Gasteiger charge is 2.42. The first-order chi connectivity index (χ1) is 9.68. The van der Waals surface area contributed by atoms with E-state index in [0.717, 1.165) is 30.4 Å². The standard InChI is InChI=1S/C15H26BrN3O/c1-4-17-14(13-12(16)11-18-19(13)5-2)15(20-3)9-7-6-8-10-15/h11,14,17H,4-10H2,1-3H3. The minimum Gasteiger partial charge on any atom is -0.376 e. The molecule has 0 spiro atoms. The fraction of sp³-hybridized carbons (Fsp3) is 0.800. The molecule has 5 heteroatoms. The average molecular weight is 344 g/mol. The Labute approximate surface area is 130 Å². The van der Waals surface area contributed by atoms with Crippen molar-refractivity contribution in [2.24, 2.45) is 0 Å². The van der Waals surface area contributed by atoms with Crippen molar-refractivity contribution < 1.29 is 4.74 Å². The van der Waals surface area contributed by atoms with Crippen LogP contribution in [0.25, 0.3) is 0 Å². The van der Waals surface area contributed by atoms with Crippen molar-refractivity contribution in [2.75, 3.05) is 13.7 Å². The van der Waals surface area contributed by atoms with Gasteiger partial charge in [0, 0.05) is 13.7 Å². The first-order valence-electron chi connectivity index (χ1n) is 7.68. The smallest absolute Gasteiger partial charge is 0.0888 e. The number of nitrogens with one attached hydrogen (secondary N) is 1. The zero-order chi connectivity index (χ0) is 14.6. The molecule has 0 aromatic carbocycles. The summed E-state index contributed by atoms with van der Waals surface area (Å²) in [7, 11) is 1.86. The van der Waals surface area contributed by atoms with Crippen molar-refractivity contribution in [3.8, 4) is 0 Å². The molecule has 0 aliphatic heterocycles. The molecule has 0 radical (unpaired) electrons. The van der Waals surface area contributed by atoms with Crippen LogP contribution in [0.4, 0.5) is 0 Å². The molecule has 1 saturated carbocycles. The second kappa shape index (κ2) is 7.05. The molecule has 1 unspecified atom stereocenters. The van der Waals surface area contributed by atoms with Gasteiger partial charge in [0.05, 0.1) is 28.0 Å². The third kappa shape index (κ3) is 2.95. The number of likely N-dealkylation sites (N-methyl/N-ethyl adjacent to an activating group) is 1. The molecule has 1 fully saturated rings. The molecule has 1 aliphatic rings. The maximum absolute atomic E-state index is 6.05. The van der Waals surface area contributed by atoms with Crippen LogP contribution in [-0.4, -0.2) is 29.0 Å². The fourth-order valence-electron chi connectivity index (χ4n) is 3.41. The number of methoxy groups -OCH3 is 1. The Kier molecular flexibility index (Phi) is 5.64. The zero-order valence-corrected chi connectivity index (χ0v) is 14.4. The van der Waals surface area contributed by atoms with Gasteiger partial charge in [-0.05, 0) is 42.2 Å². The highest BCUT2D eigenvalue weighted by molar-refractivity contribution is 9.10. The maximum atomic E-state index is 6.05. The molecule has 1 heterocycles. The maximum Gasteiger partial charge on any atom is 0.0888 e. The van der Waals surface area contributed by atoms with E-state index in [4.69, 9.17) is 4.74 Å². The number of hydrogen-bond donors (Lipinski definition) is 1. The van der Waals surface area contributed by atoms with Gasteiger partial charge in [0.25, 0.3) is 0 Å². The molecule has 1 N–H and O–H groups in total. The van der Waals surface area contributed by atoms with Crippen LogP contribution in [0, 0.1) is 0 Å². The summed E-state index contributed by atoms with van der Waals surface area (Å²) in [6.07, 6.45) is 7.93. The third-order valence-electron chi connectivity index (χ3n) is 4.45. The second-order valence-corrected chi connectivity index (χ2v) is 6.37. The molecule has 1 aromatic rings. The first-order valence-corrected chi connectivity index (χ1v) is 8.47. The predicted molar refractivity (Wildman–Crippen MR) is 84.8 cm³/mol. The summed E-state index contributed by atoms with van der Waals surface area (Å²) in [6.45, 7) is 6.09. The molecule has 114 valence electrons. The summed E-state index contributed by atoms with van der Waals surface area (Å²) in [5.74, 6) is 0. The number of nitrogens with zero attached hydrogens (tertiary/aromatic N) is 2. The van der Waals surface area contributed by atoms with E-state index in [2.05, 4.69) is 44.9 Å². The Morgan fingerprint density at radius 3 is 2.65 bits per heavy atom. The average Bonchev–Trinajstić information content (AvgIpc) is 2.86. The van der Waals surface area contributed by atoms with Gasteiger partial charge >= 0.3 is 0 Å². The van der Waals surface area contributed by atoms with E-state index < -0.39 is 0 Å². The van der Waals surface area contributed by atoms with E-state index in [1.807, 2.05) is 13.3 Å². The lowest BCUT2D eigenvalue weighted by Gasteiger charge is -2.43. The van der Waals surface area contributed by atoms with Gasteiger partial charge in [0.15, 0.2) is 0 Å². The molecule has 2 rings (SSSR count). The van der Waals surface area contributed by atoms with Crippen LogP contribution in [0.5, 0.6) is 0 Å². The van der Waals surface area contributed by atoms with E-state index in [0.29, 0.717) is 0 Å². The number of hydrogen-bond acceptors (Lipinski definition) is 3. The van der Waals surface area contributed by atoms with Crippen molar-refractivity contribution in [1.82, 2.24) is 15.1 Å². The van der Waals surface area contributed by atoms with Crippen LogP contribution in [0.1, 0.15) is 57.7 Å². The Hall–Kier alpha value is -0.390. The highest BCUT2D eigenvalue weighted by atomic mass is 79.9. The van der Waals surface area contributed by atoms with Gasteiger partial charge in [-0.15, -0.1) is 0 Å². The quantitative estimate of drug-likeness (QED) is 0.856. The summed E-state index contributed by atoms with van der Waals surface area (Å²) in [5.41, 5.74) is 1.11. The molecule has 1 aliphatic carbocycles. The van der Waals surface area contributed by atoms with Crippen LogP contribution in [0.3, 0.4) is 0 Å². The number of rotatable bonds is 6. The molecular formula is C15H26BrN3O. The van der Waals surface area contributed by atoms with Gasteiger partial charge in [-0.3, -0.25) is 4.68 Å². The van der Waals surface area contributed by atoms with Crippen LogP contribution < -0.4 is 5.32 Å². The molecule has 0 amide bonds. The topological polar surface area (TPSA) is 39.1 Å². The third-order valence-corrected chi connectivity index (χ3v) is 5.06. The van der Waals surface area contributed by atoms with Gasteiger partial charge in [-0.25, -0.2) is 0 Å². The SMILES string of the molecule is CCNC(c1c(Br)cnn1CC)C1(OC)CCCCC1. The Morgan fingerprint density at radius 2 is 2.10 bits per heavy atom. The van der Waals surface area contributed by atoms with Gasteiger partial charge in [0.2, 0.25) is 0 Å². The largest absolute Gasteiger partial charge is 0.376 e. The van der Waals surface area contributed by atoms with E-state index in [1.54, 1.807) is 0 Å². The lowest BCUT2D eigenvalue weighted by molar-refractivity contribution is -0.0705. The summed E-state index contributed by atoms with van der Waals surface area (Å²) in [5, 5.41) is 8.12. The minimum atomic E-state index is -0.107. The normalized spacial score (nSPS) is 20.0. The number of ether oxygens (including phenoxy) is 1. The van der Waals surface area contributed by atoms with Gasteiger partial charge in [0.1, 0.15) is 0 Å². The predicted octanol–water partition coefficient (Wildman–Crippen LogP) is 3.67. The number of aromatic nitrogens is 2. The summed E-state index contributed by atoms with van der Waals surface area (Å²) >= 11 is 3.67. The molecule has 4 nitrogen and oxygen atoms in total. The summed E-state index contributed by atoms with van der Waals surface area (Å²) in [6, 6.07) is 0.189. The zero-order valence-electron chi connectivity index (χ0n) is 12.8. The van der Waals surface area contributed by atoms with Crippen LogP contribution in [0.2, 0.25) is 0 Å². The monoisotopic (exact) mass is 343 g/mol. The number of aryl methyl sites for hydroxylation is 1. The van der Waals surface area contributed by atoms with E-state index in [1.165, 1.54) is 25.0 Å². The lowest BCUT2D eigenvalue weighted by Crippen LogP contribution is -2.48. The van der Waals surface area contributed by atoms with Crippen LogP contribution in [0.15, 0.2) is 10.7 Å².